The summed E-state index contributed by atoms with van der Waals surface area (Å²) in [7, 11) is -5.05. The average Bonchev–Trinajstić information content (AvgIpc) is 2.86. The molecule has 12 heteroatoms. The Kier molecular flexibility index (Phi) is 7.65. The second-order valence-electron chi connectivity index (χ2n) is 6.64. The SMILES string of the molecule is COP1(Oc2ccccc2)=N[P+](OC)(Oc2ccccc2)N[P+](OC)(Oc2ccccc2)N1. The van der Waals surface area contributed by atoms with Gasteiger partial charge in [-0.2, -0.15) is 9.05 Å². The molecule has 3 aromatic carbocycles. The van der Waals surface area contributed by atoms with E-state index in [1.807, 2.05) is 91.0 Å². The highest BCUT2D eigenvalue weighted by molar-refractivity contribution is 7.88. The lowest BCUT2D eigenvalue weighted by atomic mass is 10.3. The molecular weight excluding hydrogens is 483 g/mol. The van der Waals surface area contributed by atoms with Gasteiger partial charge in [-0.3, -0.25) is 9.05 Å². The second kappa shape index (κ2) is 10.5. The van der Waals surface area contributed by atoms with Crippen molar-refractivity contribution in [2.24, 2.45) is 4.52 Å². The predicted octanol–water partition coefficient (Wildman–Crippen LogP) is 6.66. The molecule has 33 heavy (non-hydrogen) atoms. The zero-order valence-electron chi connectivity index (χ0n) is 18.4. The van der Waals surface area contributed by atoms with Gasteiger partial charge in [0.15, 0.2) is 11.5 Å². The fraction of sp³-hybridized carbons (Fsp3) is 0.143. The first-order chi connectivity index (χ1) is 16.0. The third-order valence-corrected chi connectivity index (χ3v) is 13.3. The molecule has 4 rings (SSSR count). The molecule has 0 spiro atoms. The minimum Gasteiger partial charge on any atom is -0.423 e. The van der Waals surface area contributed by atoms with Crippen LogP contribution in [-0.2, 0) is 13.6 Å². The summed E-state index contributed by atoms with van der Waals surface area (Å²) in [5, 5.41) is 0. The number of nitrogens with zero attached hydrogens (tertiary/aromatic N) is 1. The molecule has 1 heterocycles. The lowest BCUT2D eigenvalue weighted by Gasteiger charge is -2.32. The standard InChI is InChI=1S/C21H26N3O6P3/c1-25-31(28-19-13-7-4-8-14-19)22-32(26-2,29-20-15-9-5-10-16-20)24-33(23-31,27-3)30-21-17-11-6-12-18-21/h4-18,22-23H,1-3H3/q+2. The van der Waals surface area contributed by atoms with Crippen LogP contribution in [0.25, 0.3) is 0 Å². The maximum atomic E-state index is 6.32. The molecule has 3 atom stereocenters. The summed E-state index contributed by atoms with van der Waals surface area (Å²) < 4.78 is 41.4. The zero-order chi connectivity index (χ0) is 23.2. The van der Waals surface area contributed by atoms with Crippen LogP contribution in [0.15, 0.2) is 95.5 Å². The van der Waals surface area contributed by atoms with E-state index >= 15 is 0 Å². The number of nitrogens with one attached hydrogen (secondary N) is 2. The minimum atomic E-state index is -3.23. The topological polar surface area (TPSA) is 91.8 Å². The van der Waals surface area contributed by atoms with Crippen LogP contribution in [0.4, 0.5) is 0 Å². The quantitative estimate of drug-likeness (QED) is 0.310. The van der Waals surface area contributed by atoms with Crippen molar-refractivity contribution in [3.63, 3.8) is 0 Å². The Morgan fingerprint density at radius 1 is 0.667 bits per heavy atom. The molecule has 0 fully saturated rings. The van der Waals surface area contributed by atoms with Gasteiger partial charge in [0, 0.05) is 11.6 Å². The van der Waals surface area contributed by atoms with E-state index in [-0.39, 0.29) is 0 Å². The van der Waals surface area contributed by atoms with Crippen molar-refractivity contribution in [2.75, 3.05) is 21.3 Å². The third-order valence-electron chi connectivity index (χ3n) is 4.43. The van der Waals surface area contributed by atoms with Crippen molar-refractivity contribution >= 4 is 23.7 Å². The first-order valence-electron chi connectivity index (χ1n) is 9.96. The number of hydrogen-bond acceptors (Lipinski definition) is 9. The Morgan fingerprint density at radius 2 is 1.18 bits per heavy atom. The molecule has 0 aromatic heterocycles. The van der Waals surface area contributed by atoms with Gasteiger partial charge in [-0.15, -0.1) is 0 Å². The van der Waals surface area contributed by atoms with Crippen LogP contribution >= 0.6 is 23.7 Å². The zero-order valence-corrected chi connectivity index (χ0v) is 21.1. The molecule has 3 unspecified atom stereocenters. The van der Waals surface area contributed by atoms with E-state index in [0.29, 0.717) is 17.2 Å². The number of hydrogen-bond donors (Lipinski definition) is 2. The van der Waals surface area contributed by atoms with Gasteiger partial charge in [0.2, 0.25) is 0 Å². The Hall–Kier alpha value is -2.05. The van der Waals surface area contributed by atoms with Crippen molar-refractivity contribution in [2.45, 2.75) is 0 Å². The minimum absolute atomic E-state index is 0.564. The van der Waals surface area contributed by atoms with E-state index in [1.54, 1.807) is 0 Å². The summed E-state index contributed by atoms with van der Waals surface area (Å²) in [6, 6.07) is 27.8. The van der Waals surface area contributed by atoms with Crippen LogP contribution in [0.5, 0.6) is 17.2 Å². The largest absolute Gasteiger partial charge is 0.570 e. The Bertz CT molecular complexity index is 1100. The van der Waals surface area contributed by atoms with E-state index in [1.165, 1.54) is 21.3 Å². The maximum Gasteiger partial charge on any atom is 0.570 e. The van der Waals surface area contributed by atoms with E-state index in [0.717, 1.165) is 0 Å². The molecule has 0 amide bonds. The summed E-state index contributed by atoms with van der Waals surface area (Å²) in [5.74, 6) is 1.71. The smallest absolute Gasteiger partial charge is 0.423 e. The monoisotopic (exact) mass is 509 g/mol. The molecule has 0 saturated heterocycles. The van der Waals surface area contributed by atoms with Gasteiger partial charge < -0.3 is 9.05 Å². The molecule has 0 bridgehead atoms. The lowest BCUT2D eigenvalue weighted by molar-refractivity contribution is 0.321. The molecule has 1 aliphatic rings. The van der Waals surface area contributed by atoms with Crippen molar-refractivity contribution in [1.82, 2.24) is 9.72 Å². The highest BCUT2D eigenvalue weighted by Gasteiger charge is 2.71. The van der Waals surface area contributed by atoms with Crippen molar-refractivity contribution in [1.29, 1.82) is 0 Å². The van der Waals surface area contributed by atoms with Crippen molar-refractivity contribution in [3.05, 3.63) is 91.0 Å². The van der Waals surface area contributed by atoms with E-state index in [9.17, 15) is 0 Å². The first-order valence-corrected chi connectivity index (χ1v) is 14.7. The molecule has 174 valence electrons. The third kappa shape index (κ3) is 5.72. The van der Waals surface area contributed by atoms with Crippen LogP contribution < -0.4 is 23.3 Å². The van der Waals surface area contributed by atoms with Crippen LogP contribution in [-0.4, -0.2) is 21.3 Å². The van der Waals surface area contributed by atoms with Crippen molar-refractivity contribution < 1.29 is 27.1 Å². The number of benzene rings is 3. The molecular formula is C21H26N3O6P3+2. The molecule has 2 N–H and O–H groups in total. The van der Waals surface area contributed by atoms with Crippen LogP contribution in [0, 0.1) is 0 Å². The molecule has 0 radical (unpaired) electrons. The summed E-state index contributed by atoms with van der Waals surface area (Å²) in [6.07, 6.45) is 0. The summed E-state index contributed by atoms with van der Waals surface area (Å²) in [4.78, 5) is 6.55. The van der Waals surface area contributed by atoms with E-state index in [2.05, 4.69) is 9.72 Å². The van der Waals surface area contributed by atoms with Gasteiger partial charge in [0.05, 0.1) is 19.1 Å². The van der Waals surface area contributed by atoms with Gasteiger partial charge in [0.25, 0.3) is 0 Å². The fourth-order valence-electron chi connectivity index (χ4n) is 2.89. The molecule has 9 nitrogen and oxygen atoms in total. The van der Waals surface area contributed by atoms with Crippen LogP contribution in [0.2, 0.25) is 0 Å². The van der Waals surface area contributed by atoms with Gasteiger partial charge in [-0.25, -0.2) is 0 Å². The van der Waals surface area contributed by atoms with Crippen LogP contribution in [0.3, 0.4) is 0 Å². The maximum absolute atomic E-state index is 6.32. The normalized spacial score (nSPS) is 26.8. The molecule has 3 aromatic rings. The predicted molar refractivity (Wildman–Crippen MR) is 132 cm³/mol. The van der Waals surface area contributed by atoms with Gasteiger partial charge >= 0.3 is 23.7 Å². The van der Waals surface area contributed by atoms with Gasteiger partial charge in [-0.05, 0) is 41.3 Å². The average molecular weight is 509 g/mol. The Morgan fingerprint density at radius 3 is 1.67 bits per heavy atom. The summed E-state index contributed by atoms with van der Waals surface area (Å²) >= 11 is 0. The summed E-state index contributed by atoms with van der Waals surface area (Å²) in [5.41, 5.74) is 0. The number of rotatable bonds is 9. The first kappa shape index (κ1) is 24.1. The van der Waals surface area contributed by atoms with Crippen molar-refractivity contribution in [3.8, 4) is 17.2 Å². The Balaban J connectivity index is 1.81. The molecule has 0 saturated carbocycles. The van der Waals surface area contributed by atoms with Gasteiger partial charge in [-0.1, -0.05) is 54.6 Å². The number of para-hydroxylation sites is 3. The highest BCUT2D eigenvalue weighted by atomic mass is 31.3. The fourth-order valence-corrected chi connectivity index (χ4v) is 12.7. The summed E-state index contributed by atoms with van der Waals surface area (Å²) in [6.45, 7) is 0. The highest BCUT2D eigenvalue weighted by Crippen LogP contribution is 2.80. The molecule has 0 aliphatic carbocycles. The van der Waals surface area contributed by atoms with E-state index in [4.69, 9.17) is 31.7 Å². The van der Waals surface area contributed by atoms with Crippen LogP contribution in [0.1, 0.15) is 0 Å². The van der Waals surface area contributed by atoms with E-state index < -0.39 is 23.7 Å². The Labute approximate surface area is 194 Å². The lowest BCUT2D eigenvalue weighted by Crippen LogP contribution is -2.37. The second-order valence-corrected chi connectivity index (χ2v) is 13.8. The van der Waals surface area contributed by atoms with Gasteiger partial charge in [0.1, 0.15) is 5.75 Å². The molecule has 1 aliphatic heterocycles.